The molecule has 20 heavy (non-hydrogen) atoms. The normalized spacial score (nSPS) is 11.9. The Labute approximate surface area is 116 Å². The van der Waals surface area contributed by atoms with Gasteiger partial charge in [0.2, 0.25) is 0 Å². The number of carboxylic acids is 2. The van der Waals surface area contributed by atoms with Crippen molar-refractivity contribution in [3.8, 4) is 0 Å². The van der Waals surface area contributed by atoms with Crippen molar-refractivity contribution in [2.75, 3.05) is 32.8 Å². The molecular weight excluding hydrogens is 276 g/mol. The van der Waals surface area contributed by atoms with Crippen molar-refractivity contribution >= 4 is 11.9 Å². The second-order valence-electron chi connectivity index (χ2n) is 3.70. The predicted octanol–water partition coefficient (Wildman–Crippen LogP) is -1.71. The second kappa shape index (κ2) is 12.7. The fourth-order valence-corrected chi connectivity index (χ4v) is 1.18. The second-order valence-corrected chi connectivity index (χ2v) is 3.70. The number of hydroxylamine groups is 2. The van der Waals surface area contributed by atoms with Gasteiger partial charge in [0.1, 0.15) is 0 Å². The zero-order chi connectivity index (χ0) is 16.1. The topological polar surface area (TPSA) is 162 Å². The van der Waals surface area contributed by atoms with Gasteiger partial charge in [0.25, 0.3) is 0 Å². The summed E-state index contributed by atoms with van der Waals surface area (Å²) >= 11 is 0. The molecule has 0 rings (SSSR count). The van der Waals surface area contributed by atoms with Gasteiger partial charge in [0.05, 0.1) is 19.8 Å². The lowest BCUT2D eigenvalue weighted by molar-refractivity contribution is -0.327. The number of rotatable bonds is 9. The number of aliphatic hydroxyl groups excluding tert-OH is 2. The number of carbonyl (C=O) groups is 2. The van der Waals surface area contributed by atoms with Gasteiger partial charge in [-0.25, -0.2) is 0 Å². The van der Waals surface area contributed by atoms with E-state index in [1.165, 1.54) is 11.8 Å². The van der Waals surface area contributed by atoms with Crippen molar-refractivity contribution in [3.05, 3.63) is 0 Å². The quantitative estimate of drug-likeness (QED) is 0.270. The molecule has 10 heteroatoms. The Bertz CT molecular complexity index is 268. The maximum absolute atomic E-state index is 10.2. The van der Waals surface area contributed by atoms with E-state index in [1.807, 2.05) is 0 Å². The maximum Gasteiger partial charge on any atom is 0.325 e. The Kier molecular flexibility index (Phi) is 13.4. The van der Waals surface area contributed by atoms with Crippen LogP contribution in [0.5, 0.6) is 0 Å². The monoisotopic (exact) mass is 298 g/mol. The van der Waals surface area contributed by atoms with Gasteiger partial charge in [-0.3, -0.25) is 24.9 Å². The van der Waals surface area contributed by atoms with Crippen LogP contribution in [0.3, 0.4) is 0 Å². The minimum Gasteiger partial charge on any atom is -0.480 e. The summed E-state index contributed by atoms with van der Waals surface area (Å²) in [5.41, 5.74) is 0. The lowest BCUT2D eigenvalue weighted by Crippen LogP contribution is -2.35. The average molecular weight is 298 g/mol. The van der Waals surface area contributed by atoms with E-state index in [1.54, 1.807) is 0 Å². The molecule has 0 aromatic heterocycles. The highest BCUT2D eigenvalue weighted by molar-refractivity contribution is 5.72. The average Bonchev–Trinajstić information content (AvgIpc) is 2.29. The Morgan fingerprint density at radius 3 is 1.65 bits per heavy atom. The molecule has 0 aliphatic heterocycles. The molecule has 0 aliphatic rings. The summed E-state index contributed by atoms with van der Waals surface area (Å²) in [6.07, 6.45) is 0.155. The summed E-state index contributed by atoms with van der Waals surface area (Å²) in [5, 5.41) is 49.5. The Morgan fingerprint density at radius 1 is 1.05 bits per heavy atom. The molecule has 0 saturated carbocycles. The van der Waals surface area contributed by atoms with Gasteiger partial charge in [-0.2, -0.15) is 0 Å². The minimum absolute atomic E-state index is 0.0900. The predicted molar refractivity (Wildman–Crippen MR) is 65.4 cm³/mol. The van der Waals surface area contributed by atoms with E-state index >= 15 is 0 Å². The van der Waals surface area contributed by atoms with Crippen LogP contribution in [0.2, 0.25) is 0 Å². The molecule has 0 radical (unpaired) electrons. The first-order valence-electron chi connectivity index (χ1n) is 5.85. The summed E-state index contributed by atoms with van der Waals surface area (Å²) in [6.45, 7) is 1.79. The molecule has 0 saturated heterocycles. The van der Waals surface area contributed by atoms with Gasteiger partial charge in [-0.05, 0) is 6.42 Å². The number of aliphatic hydroxyl groups is 2. The van der Waals surface area contributed by atoms with Crippen molar-refractivity contribution in [2.24, 2.45) is 0 Å². The highest BCUT2D eigenvalue weighted by atomic mass is 16.8. The Balaban J connectivity index is 0. The molecule has 1 unspecified atom stereocenters. The van der Waals surface area contributed by atoms with E-state index in [2.05, 4.69) is 0 Å². The summed E-state index contributed by atoms with van der Waals surface area (Å²) in [5.74, 6) is -2.20. The zero-order valence-corrected chi connectivity index (χ0v) is 11.2. The van der Waals surface area contributed by atoms with Gasteiger partial charge in [0, 0.05) is 13.1 Å². The molecule has 6 N–H and O–H groups in total. The van der Waals surface area contributed by atoms with Gasteiger partial charge in [-0.15, -0.1) is 0 Å². The molecule has 1 atom stereocenters. The van der Waals surface area contributed by atoms with Crippen molar-refractivity contribution in [3.63, 3.8) is 0 Å². The van der Waals surface area contributed by atoms with Crippen LogP contribution >= 0.6 is 0 Å². The van der Waals surface area contributed by atoms with E-state index in [0.717, 1.165) is 0 Å². The van der Waals surface area contributed by atoms with E-state index in [4.69, 9.17) is 30.8 Å². The summed E-state index contributed by atoms with van der Waals surface area (Å²) in [4.78, 5) is 21.6. The SMILES string of the molecule is CCC(C(=O)O)N(O)O.O=C(O)CN(CCO)CCO. The lowest BCUT2D eigenvalue weighted by Gasteiger charge is -2.16. The molecule has 0 aliphatic carbocycles. The van der Waals surface area contributed by atoms with Crippen LogP contribution < -0.4 is 0 Å². The molecule has 0 bridgehead atoms. The first-order chi connectivity index (χ1) is 9.29. The molecule has 0 spiro atoms. The molecule has 10 nitrogen and oxygen atoms in total. The van der Waals surface area contributed by atoms with Crippen LogP contribution in [0.4, 0.5) is 0 Å². The molecule has 0 aromatic rings. The fraction of sp³-hybridized carbons (Fsp3) is 0.800. The van der Waals surface area contributed by atoms with Crippen molar-refractivity contribution in [1.82, 2.24) is 10.1 Å². The number of carboxylic acid groups (broad SMARTS) is 2. The number of nitrogens with zero attached hydrogens (tertiary/aromatic N) is 2. The van der Waals surface area contributed by atoms with E-state index in [9.17, 15) is 9.59 Å². The molecule has 0 fully saturated rings. The van der Waals surface area contributed by atoms with Crippen LogP contribution in [0, 0.1) is 0 Å². The summed E-state index contributed by atoms with van der Waals surface area (Å²) in [7, 11) is 0. The van der Waals surface area contributed by atoms with E-state index in [0.29, 0.717) is 0 Å². The van der Waals surface area contributed by atoms with Gasteiger partial charge in [-0.1, -0.05) is 12.2 Å². The third-order valence-corrected chi connectivity index (χ3v) is 2.14. The van der Waals surface area contributed by atoms with Crippen molar-refractivity contribution in [2.45, 2.75) is 19.4 Å². The summed E-state index contributed by atoms with van der Waals surface area (Å²) in [6, 6.07) is -1.22. The first-order valence-corrected chi connectivity index (χ1v) is 5.85. The third-order valence-electron chi connectivity index (χ3n) is 2.14. The largest absolute Gasteiger partial charge is 0.480 e. The lowest BCUT2D eigenvalue weighted by atomic mass is 10.2. The van der Waals surface area contributed by atoms with Crippen molar-refractivity contribution in [1.29, 1.82) is 0 Å². The third kappa shape index (κ3) is 11.8. The Morgan fingerprint density at radius 2 is 1.50 bits per heavy atom. The van der Waals surface area contributed by atoms with E-state index < -0.39 is 18.0 Å². The first kappa shape index (κ1) is 21.0. The highest BCUT2D eigenvalue weighted by Gasteiger charge is 2.20. The van der Waals surface area contributed by atoms with Crippen LogP contribution in [-0.4, -0.2) is 91.8 Å². The maximum atomic E-state index is 10.2. The summed E-state index contributed by atoms with van der Waals surface area (Å²) < 4.78 is 0. The van der Waals surface area contributed by atoms with Crippen LogP contribution in [-0.2, 0) is 9.59 Å². The highest BCUT2D eigenvalue weighted by Crippen LogP contribution is 1.96. The number of hydrogen-bond donors (Lipinski definition) is 6. The van der Waals surface area contributed by atoms with Crippen LogP contribution in [0.25, 0.3) is 0 Å². The van der Waals surface area contributed by atoms with Gasteiger partial charge in [0.15, 0.2) is 6.04 Å². The van der Waals surface area contributed by atoms with Crippen LogP contribution in [0.15, 0.2) is 0 Å². The minimum atomic E-state index is -1.25. The van der Waals surface area contributed by atoms with Gasteiger partial charge < -0.3 is 20.4 Å². The molecule has 120 valence electrons. The standard InChI is InChI=1S/C6H13NO4.C4H9NO4/c8-3-1-7(2-4-9)5-6(10)11;1-2-3(4(6)7)5(8)9/h8-9H,1-5H2,(H,10,11);3,8-9H,2H2,1H3,(H,6,7). The van der Waals surface area contributed by atoms with Crippen LogP contribution in [0.1, 0.15) is 13.3 Å². The molecule has 0 amide bonds. The molecule has 0 heterocycles. The number of aliphatic carboxylic acids is 2. The Hall–Kier alpha value is -1.30. The fourth-order valence-electron chi connectivity index (χ4n) is 1.18. The zero-order valence-electron chi connectivity index (χ0n) is 11.2. The van der Waals surface area contributed by atoms with Gasteiger partial charge >= 0.3 is 11.9 Å². The number of hydrogen-bond acceptors (Lipinski definition) is 8. The molecule has 0 aromatic carbocycles. The van der Waals surface area contributed by atoms with E-state index in [-0.39, 0.29) is 44.5 Å². The van der Waals surface area contributed by atoms with Crippen molar-refractivity contribution < 1.29 is 40.4 Å². The smallest absolute Gasteiger partial charge is 0.325 e. The molecular formula is C10H22N2O8.